The molecule has 1 unspecified atom stereocenters. The van der Waals surface area contributed by atoms with Crippen molar-refractivity contribution in [2.45, 2.75) is 38.3 Å². The third-order valence-electron chi connectivity index (χ3n) is 5.38. The Morgan fingerprint density at radius 2 is 2.15 bits per heavy atom. The van der Waals surface area contributed by atoms with Gasteiger partial charge in [0.1, 0.15) is 11.6 Å². The molecule has 26 heavy (non-hydrogen) atoms. The van der Waals surface area contributed by atoms with Gasteiger partial charge in [0, 0.05) is 36.8 Å². The second-order valence-corrected chi connectivity index (χ2v) is 7.18. The Labute approximate surface area is 152 Å². The van der Waals surface area contributed by atoms with Crippen LogP contribution in [0.2, 0.25) is 0 Å². The first-order valence-corrected chi connectivity index (χ1v) is 9.21. The van der Waals surface area contributed by atoms with Gasteiger partial charge in [-0.15, -0.1) is 0 Å². The van der Waals surface area contributed by atoms with Crippen LogP contribution in [0.15, 0.2) is 30.5 Å². The third-order valence-corrected chi connectivity index (χ3v) is 5.38. The minimum atomic E-state index is -0.391. The van der Waals surface area contributed by atoms with Gasteiger partial charge in [-0.25, -0.2) is 14.4 Å². The molecule has 2 aliphatic heterocycles. The summed E-state index contributed by atoms with van der Waals surface area (Å²) in [6, 6.07) is 6.15. The highest BCUT2D eigenvalue weighted by molar-refractivity contribution is 5.94. The van der Waals surface area contributed by atoms with Gasteiger partial charge in [0.2, 0.25) is 0 Å². The number of hydrogen-bond acceptors (Lipinski definition) is 4. The molecule has 2 aliphatic rings. The summed E-state index contributed by atoms with van der Waals surface area (Å²) < 4.78 is 13.4. The van der Waals surface area contributed by atoms with Crippen molar-refractivity contribution >= 4 is 5.91 Å². The van der Waals surface area contributed by atoms with Gasteiger partial charge in [-0.3, -0.25) is 9.69 Å². The highest BCUT2D eigenvalue weighted by Gasteiger charge is 2.27. The fourth-order valence-corrected chi connectivity index (χ4v) is 3.87. The van der Waals surface area contributed by atoms with Crippen molar-refractivity contribution in [3.8, 4) is 0 Å². The number of likely N-dealkylation sites (tertiary alicyclic amines) is 1. The molecule has 1 fully saturated rings. The molecule has 4 rings (SSSR count). The second-order valence-electron chi connectivity index (χ2n) is 7.18. The zero-order chi connectivity index (χ0) is 18.1. The Bertz CT molecular complexity index is 825. The highest BCUT2D eigenvalue weighted by Crippen LogP contribution is 2.28. The van der Waals surface area contributed by atoms with E-state index in [0.717, 1.165) is 30.0 Å². The van der Waals surface area contributed by atoms with Gasteiger partial charge >= 0.3 is 0 Å². The van der Waals surface area contributed by atoms with E-state index in [1.165, 1.54) is 25.0 Å². The van der Waals surface area contributed by atoms with Crippen LogP contribution in [0.5, 0.6) is 0 Å². The van der Waals surface area contributed by atoms with Crippen molar-refractivity contribution in [2.75, 3.05) is 20.1 Å². The predicted molar refractivity (Wildman–Crippen MR) is 96.1 cm³/mol. The van der Waals surface area contributed by atoms with Crippen molar-refractivity contribution in [2.24, 2.45) is 0 Å². The van der Waals surface area contributed by atoms with Gasteiger partial charge in [-0.1, -0.05) is 12.5 Å². The van der Waals surface area contributed by atoms with Crippen LogP contribution < -0.4 is 0 Å². The summed E-state index contributed by atoms with van der Waals surface area (Å²) >= 11 is 0. The van der Waals surface area contributed by atoms with Crippen LogP contribution in [-0.2, 0) is 13.0 Å². The van der Waals surface area contributed by atoms with E-state index in [9.17, 15) is 9.18 Å². The Balaban J connectivity index is 1.52. The monoisotopic (exact) mass is 354 g/mol. The van der Waals surface area contributed by atoms with Gasteiger partial charge in [-0.05, 0) is 44.6 Å². The average Bonchev–Trinajstić information content (AvgIpc) is 2.67. The molecule has 0 N–H and O–H groups in total. The fourth-order valence-electron chi connectivity index (χ4n) is 3.87. The van der Waals surface area contributed by atoms with Crippen LogP contribution in [0, 0.1) is 5.82 Å². The zero-order valence-corrected chi connectivity index (χ0v) is 15.0. The fraction of sp³-hybridized carbons (Fsp3) is 0.450. The third kappa shape index (κ3) is 3.33. The second kappa shape index (κ2) is 7.11. The van der Waals surface area contributed by atoms with Crippen molar-refractivity contribution in [3.05, 3.63) is 58.9 Å². The number of rotatable bonds is 2. The molecule has 5 nitrogen and oxygen atoms in total. The molecule has 136 valence electrons. The Morgan fingerprint density at radius 1 is 1.27 bits per heavy atom. The lowest BCUT2D eigenvalue weighted by Crippen LogP contribution is -2.37. The summed E-state index contributed by atoms with van der Waals surface area (Å²) in [5.41, 5.74) is 2.41. The van der Waals surface area contributed by atoms with Crippen LogP contribution in [0.4, 0.5) is 4.39 Å². The maximum absolute atomic E-state index is 13.4. The zero-order valence-electron chi connectivity index (χ0n) is 15.0. The molecule has 1 amide bonds. The Morgan fingerprint density at radius 3 is 2.96 bits per heavy atom. The van der Waals surface area contributed by atoms with E-state index < -0.39 is 5.82 Å². The molecular weight excluding hydrogens is 331 g/mol. The largest absolute Gasteiger partial charge is 0.334 e. The number of carbonyl (C=O) groups is 1. The number of fused-ring (bicyclic) bond motifs is 1. The predicted octanol–water partition coefficient (Wildman–Crippen LogP) is 2.97. The molecule has 3 heterocycles. The summed E-state index contributed by atoms with van der Waals surface area (Å²) in [7, 11) is 2.13. The SMILES string of the molecule is CN1CCCCC1c1ncc2c(n1)CCN(C(=O)c1cccc(F)c1)C2. The van der Waals surface area contributed by atoms with Crippen molar-refractivity contribution in [3.63, 3.8) is 0 Å². The summed E-state index contributed by atoms with van der Waals surface area (Å²) in [5, 5.41) is 0. The molecule has 0 saturated carbocycles. The summed E-state index contributed by atoms with van der Waals surface area (Å²) in [4.78, 5) is 26.1. The van der Waals surface area contributed by atoms with Gasteiger partial charge < -0.3 is 4.90 Å². The van der Waals surface area contributed by atoms with Crippen molar-refractivity contribution in [1.29, 1.82) is 0 Å². The minimum absolute atomic E-state index is 0.147. The first-order chi connectivity index (χ1) is 12.6. The number of amides is 1. The van der Waals surface area contributed by atoms with Gasteiger partial charge in [0.15, 0.2) is 0 Å². The first-order valence-electron chi connectivity index (χ1n) is 9.21. The maximum atomic E-state index is 13.4. The molecule has 1 aromatic carbocycles. The van der Waals surface area contributed by atoms with E-state index >= 15 is 0 Å². The standard InChI is InChI=1S/C20H23FN4O/c1-24-9-3-2-7-18(24)19-22-12-15-13-25(10-8-17(15)23-19)20(26)14-5-4-6-16(21)11-14/h4-6,11-12,18H,2-3,7-10,13H2,1H3. The number of benzene rings is 1. The maximum Gasteiger partial charge on any atom is 0.254 e. The van der Waals surface area contributed by atoms with Crippen LogP contribution in [0.1, 0.15) is 52.7 Å². The first kappa shape index (κ1) is 17.1. The Hall–Kier alpha value is -2.34. The summed E-state index contributed by atoms with van der Waals surface area (Å²) in [6.45, 7) is 2.16. The summed E-state index contributed by atoms with van der Waals surface area (Å²) in [5.74, 6) is 0.361. The smallest absolute Gasteiger partial charge is 0.254 e. The normalized spacial score (nSPS) is 20.7. The molecule has 1 aromatic heterocycles. The number of hydrogen-bond donors (Lipinski definition) is 0. The molecule has 0 aliphatic carbocycles. The Kier molecular flexibility index (Phi) is 4.68. The van der Waals surface area contributed by atoms with Crippen molar-refractivity contribution in [1.82, 2.24) is 19.8 Å². The summed E-state index contributed by atoms with van der Waals surface area (Å²) in [6.07, 6.45) is 6.12. The topological polar surface area (TPSA) is 49.3 Å². The van der Waals surface area contributed by atoms with Crippen molar-refractivity contribution < 1.29 is 9.18 Å². The molecule has 0 spiro atoms. The number of halogens is 1. The minimum Gasteiger partial charge on any atom is -0.334 e. The van der Waals surface area contributed by atoms with E-state index in [0.29, 0.717) is 31.1 Å². The lowest BCUT2D eigenvalue weighted by atomic mass is 10.0. The number of nitrogens with zero attached hydrogens (tertiary/aromatic N) is 4. The number of aromatic nitrogens is 2. The molecule has 6 heteroatoms. The van der Waals surface area contributed by atoms with E-state index in [1.807, 2.05) is 6.20 Å². The van der Waals surface area contributed by atoms with Crippen LogP contribution in [0.25, 0.3) is 0 Å². The van der Waals surface area contributed by atoms with E-state index in [1.54, 1.807) is 17.0 Å². The van der Waals surface area contributed by atoms with Crippen LogP contribution in [-0.4, -0.2) is 45.8 Å². The molecule has 2 aromatic rings. The van der Waals surface area contributed by atoms with Gasteiger partial charge in [0.25, 0.3) is 5.91 Å². The molecule has 0 radical (unpaired) electrons. The van der Waals surface area contributed by atoms with E-state index in [4.69, 9.17) is 4.98 Å². The van der Waals surface area contributed by atoms with Gasteiger partial charge in [-0.2, -0.15) is 0 Å². The van der Waals surface area contributed by atoms with E-state index in [2.05, 4.69) is 16.9 Å². The van der Waals surface area contributed by atoms with E-state index in [-0.39, 0.29) is 5.91 Å². The average molecular weight is 354 g/mol. The molecule has 1 atom stereocenters. The van der Waals surface area contributed by atoms with Crippen LogP contribution >= 0.6 is 0 Å². The van der Waals surface area contributed by atoms with Gasteiger partial charge in [0.05, 0.1) is 11.7 Å². The molecule has 1 saturated heterocycles. The van der Waals surface area contributed by atoms with Crippen LogP contribution in [0.3, 0.4) is 0 Å². The quantitative estimate of drug-likeness (QED) is 0.832. The lowest BCUT2D eigenvalue weighted by molar-refractivity contribution is 0.0732. The molecule has 0 bridgehead atoms. The highest BCUT2D eigenvalue weighted by atomic mass is 19.1. The number of piperidine rings is 1. The molecular formula is C20H23FN4O. The lowest BCUT2D eigenvalue weighted by Gasteiger charge is -2.33. The number of carbonyl (C=O) groups excluding carboxylic acids is 1.